The maximum absolute atomic E-state index is 9.55. The summed E-state index contributed by atoms with van der Waals surface area (Å²) in [5.41, 5.74) is 0. The predicted octanol–water partition coefficient (Wildman–Crippen LogP) is 6.98. The van der Waals surface area contributed by atoms with Gasteiger partial charge in [-0.15, -0.1) is 0 Å². The van der Waals surface area contributed by atoms with Gasteiger partial charge in [-0.25, -0.2) is 9.59 Å². The van der Waals surface area contributed by atoms with Crippen LogP contribution in [-0.2, 0) is 9.59 Å². The van der Waals surface area contributed by atoms with E-state index in [1.54, 1.807) is 0 Å². The summed E-state index contributed by atoms with van der Waals surface area (Å²) in [4.78, 5) is 19.1. The SMILES string of the molecule is CCCCCCCCCCCCCCCCCC.O=C(O)/C=C\C(=O)O. The van der Waals surface area contributed by atoms with Crippen LogP contribution in [-0.4, -0.2) is 22.2 Å². The van der Waals surface area contributed by atoms with Crippen LogP contribution in [0.2, 0.25) is 0 Å². The molecule has 0 amide bonds. The molecule has 4 nitrogen and oxygen atoms in total. The van der Waals surface area contributed by atoms with E-state index in [9.17, 15) is 9.59 Å². The van der Waals surface area contributed by atoms with E-state index in [1.165, 1.54) is 103 Å². The Labute approximate surface area is 161 Å². The second-order valence-corrected chi connectivity index (χ2v) is 6.96. The first-order chi connectivity index (χ1) is 12.5. The molecule has 26 heavy (non-hydrogen) atoms. The van der Waals surface area contributed by atoms with Crippen LogP contribution >= 0.6 is 0 Å². The summed E-state index contributed by atoms with van der Waals surface area (Å²) in [7, 11) is 0. The first-order valence-electron chi connectivity index (χ1n) is 10.7. The highest BCUT2D eigenvalue weighted by Gasteiger charge is 1.93. The van der Waals surface area contributed by atoms with Crippen molar-refractivity contribution in [1.82, 2.24) is 0 Å². The van der Waals surface area contributed by atoms with Crippen molar-refractivity contribution in [1.29, 1.82) is 0 Å². The van der Waals surface area contributed by atoms with Crippen molar-refractivity contribution in [3.8, 4) is 0 Å². The van der Waals surface area contributed by atoms with Crippen LogP contribution in [0.1, 0.15) is 117 Å². The summed E-state index contributed by atoms with van der Waals surface area (Å²) in [6.07, 6.45) is 24.5. The fourth-order valence-corrected chi connectivity index (χ4v) is 2.76. The Balaban J connectivity index is 0. The second kappa shape index (κ2) is 23.7. The fourth-order valence-electron chi connectivity index (χ4n) is 2.76. The van der Waals surface area contributed by atoms with Gasteiger partial charge in [-0.05, 0) is 0 Å². The van der Waals surface area contributed by atoms with E-state index in [0.29, 0.717) is 12.2 Å². The predicted molar refractivity (Wildman–Crippen MR) is 110 cm³/mol. The topological polar surface area (TPSA) is 74.6 Å². The molecule has 154 valence electrons. The van der Waals surface area contributed by atoms with Gasteiger partial charge in [0.1, 0.15) is 0 Å². The van der Waals surface area contributed by atoms with Crippen LogP contribution in [0.15, 0.2) is 12.2 Å². The van der Waals surface area contributed by atoms with Crippen LogP contribution < -0.4 is 0 Å². The van der Waals surface area contributed by atoms with Crippen molar-refractivity contribution in [2.75, 3.05) is 0 Å². The third-order valence-electron chi connectivity index (χ3n) is 4.33. The van der Waals surface area contributed by atoms with Gasteiger partial charge in [0.15, 0.2) is 0 Å². The minimum atomic E-state index is -1.26. The number of hydrogen-bond acceptors (Lipinski definition) is 2. The molecule has 0 radical (unpaired) electrons. The van der Waals surface area contributed by atoms with Crippen LogP contribution in [0, 0.1) is 0 Å². The Morgan fingerprint density at radius 3 is 0.846 bits per heavy atom. The monoisotopic (exact) mass is 370 g/mol. The fraction of sp³-hybridized carbons (Fsp3) is 0.818. The number of carbonyl (C=O) groups is 2. The normalized spacial score (nSPS) is 10.5. The molecule has 0 rings (SSSR count). The van der Waals surface area contributed by atoms with Gasteiger partial charge >= 0.3 is 11.9 Å². The van der Waals surface area contributed by atoms with E-state index in [2.05, 4.69) is 13.8 Å². The third kappa shape index (κ3) is 30.5. The third-order valence-corrected chi connectivity index (χ3v) is 4.33. The van der Waals surface area contributed by atoms with E-state index in [0.717, 1.165) is 0 Å². The molecule has 0 saturated heterocycles. The molecular formula is C22H42O4. The summed E-state index contributed by atoms with van der Waals surface area (Å²) < 4.78 is 0. The Morgan fingerprint density at radius 2 is 0.692 bits per heavy atom. The number of hydrogen-bond donors (Lipinski definition) is 2. The zero-order valence-electron chi connectivity index (χ0n) is 17.2. The quantitative estimate of drug-likeness (QED) is 0.214. The Morgan fingerprint density at radius 1 is 0.500 bits per heavy atom. The van der Waals surface area contributed by atoms with E-state index in [-0.39, 0.29) is 0 Å². The molecule has 0 aromatic rings. The molecular weight excluding hydrogens is 328 g/mol. The number of unbranched alkanes of at least 4 members (excludes halogenated alkanes) is 15. The number of rotatable bonds is 17. The molecule has 2 N–H and O–H groups in total. The Bertz CT molecular complexity index is 305. The molecule has 0 saturated carbocycles. The zero-order valence-corrected chi connectivity index (χ0v) is 17.2. The summed E-state index contributed by atoms with van der Waals surface area (Å²) in [5.74, 6) is -2.51. The largest absolute Gasteiger partial charge is 0.478 e. The Kier molecular flexibility index (Phi) is 24.5. The maximum atomic E-state index is 9.55. The van der Waals surface area contributed by atoms with E-state index >= 15 is 0 Å². The maximum Gasteiger partial charge on any atom is 0.328 e. The first kappa shape index (κ1) is 26.9. The highest BCUT2D eigenvalue weighted by molar-refractivity contribution is 5.89. The lowest BCUT2D eigenvalue weighted by molar-refractivity contribution is -0.134. The summed E-state index contributed by atoms with van der Waals surface area (Å²) in [5, 5.41) is 15.6. The van der Waals surface area contributed by atoms with Crippen LogP contribution in [0.25, 0.3) is 0 Å². The first-order valence-corrected chi connectivity index (χ1v) is 10.7. The van der Waals surface area contributed by atoms with Crippen molar-refractivity contribution in [2.24, 2.45) is 0 Å². The van der Waals surface area contributed by atoms with E-state index < -0.39 is 11.9 Å². The van der Waals surface area contributed by atoms with Gasteiger partial charge in [-0.1, -0.05) is 117 Å². The summed E-state index contributed by atoms with van der Waals surface area (Å²) in [6.45, 7) is 4.59. The molecule has 0 aromatic heterocycles. The van der Waals surface area contributed by atoms with Gasteiger partial charge in [0, 0.05) is 12.2 Å². The van der Waals surface area contributed by atoms with Crippen molar-refractivity contribution < 1.29 is 19.8 Å². The van der Waals surface area contributed by atoms with Crippen LogP contribution in [0.5, 0.6) is 0 Å². The summed E-state index contributed by atoms with van der Waals surface area (Å²) in [6, 6.07) is 0. The highest BCUT2D eigenvalue weighted by atomic mass is 16.4. The molecule has 0 aliphatic heterocycles. The van der Waals surface area contributed by atoms with Gasteiger partial charge in [-0.3, -0.25) is 0 Å². The number of carboxylic acid groups (broad SMARTS) is 2. The van der Waals surface area contributed by atoms with Gasteiger partial charge < -0.3 is 10.2 Å². The van der Waals surface area contributed by atoms with Gasteiger partial charge in [0.2, 0.25) is 0 Å². The van der Waals surface area contributed by atoms with Crippen molar-refractivity contribution >= 4 is 11.9 Å². The lowest BCUT2D eigenvalue weighted by Gasteiger charge is -2.03. The molecule has 0 unspecified atom stereocenters. The van der Waals surface area contributed by atoms with Crippen LogP contribution in [0.3, 0.4) is 0 Å². The van der Waals surface area contributed by atoms with Gasteiger partial charge in [0.25, 0.3) is 0 Å². The van der Waals surface area contributed by atoms with Gasteiger partial charge in [0.05, 0.1) is 0 Å². The van der Waals surface area contributed by atoms with E-state index in [1.807, 2.05) is 0 Å². The molecule has 0 aliphatic carbocycles. The molecule has 0 aromatic carbocycles. The highest BCUT2D eigenvalue weighted by Crippen LogP contribution is 2.13. The zero-order chi connectivity index (χ0) is 19.9. The van der Waals surface area contributed by atoms with Gasteiger partial charge in [-0.2, -0.15) is 0 Å². The molecule has 0 fully saturated rings. The minimum absolute atomic E-state index is 0.558. The molecule has 0 aliphatic rings. The molecule has 0 heterocycles. The Hall–Kier alpha value is -1.32. The number of carboxylic acids is 2. The molecule has 0 bridgehead atoms. The molecule has 0 spiro atoms. The number of aliphatic carboxylic acids is 2. The molecule has 4 heteroatoms. The van der Waals surface area contributed by atoms with Crippen molar-refractivity contribution in [3.63, 3.8) is 0 Å². The van der Waals surface area contributed by atoms with E-state index in [4.69, 9.17) is 10.2 Å². The van der Waals surface area contributed by atoms with Crippen LogP contribution in [0.4, 0.5) is 0 Å². The lowest BCUT2D eigenvalue weighted by Crippen LogP contribution is -1.91. The minimum Gasteiger partial charge on any atom is -0.478 e. The lowest BCUT2D eigenvalue weighted by atomic mass is 10.0. The second-order valence-electron chi connectivity index (χ2n) is 6.96. The average Bonchev–Trinajstić information content (AvgIpc) is 2.61. The average molecular weight is 371 g/mol. The smallest absolute Gasteiger partial charge is 0.328 e. The summed E-state index contributed by atoms with van der Waals surface area (Å²) >= 11 is 0. The van der Waals surface area contributed by atoms with Crippen molar-refractivity contribution in [2.45, 2.75) is 117 Å². The standard InChI is InChI=1S/C18H38.C4H4O4/c1-3-5-7-9-11-13-15-17-18-16-14-12-10-8-6-4-2;5-3(6)1-2-4(7)8/h3-18H2,1-2H3;1-2H,(H,5,6)(H,7,8)/b;2-1-. The molecule has 0 atom stereocenters. The van der Waals surface area contributed by atoms with Crippen molar-refractivity contribution in [3.05, 3.63) is 12.2 Å².